The van der Waals surface area contributed by atoms with Crippen molar-refractivity contribution in [3.63, 3.8) is 0 Å². The third-order valence-electron chi connectivity index (χ3n) is 4.51. The van der Waals surface area contributed by atoms with Gasteiger partial charge in [0.05, 0.1) is 0 Å². The standard InChI is InChI=1S/C12H12O3.C10H10O2/c1-8-7-10-9(5-6-12(13)14)3-2-4-11(10)15-8;1-7-5-9-8(6-11)3-2-4-10(9)12-7/h2-6,8H,7H2,1H3,(H,13,14);2-4,6-7H,5H2,1H3/b6-5+;. The quantitative estimate of drug-likeness (QED) is 0.658. The molecule has 2 unspecified atom stereocenters. The Kier molecular flexibility index (Phi) is 5.60. The Bertz CT molecular complexity index is 884. The summed E-state index contributed by atoms with van der Waals surface area (Å²) in [4.78, 5) is 21.0. The van der Waals surface area contributed by atoms with Crippen LogP contribution in [-0.2, 0) is 17.6 Å². The molecule has 2 atom stereocenters. The van der Waals surface area contributed by atoms with Gasteiger partial charge in [-0.2, -0.15) is 0 Å². The first-order valence-electron chi connectivity index (χ1n) is 8.91. The van der Waals surface area contributed by atoms with Crippen molar-refractivity contribution in [2.75, 3.05) is 0 Å². The minimum absolute atomic E-state index is 0.180. The van der Waals surface area contributed by atoms with Crippen LogP contribution in [0.25, 0.3) is 6.08 Å². The van der Waals surface area contributed by atoms with E-state index in [-0.39, 0.29) is 12.2 Å². The number of hydrogen-bond acceptors (Lipinski definition) is 4. The summed E-state index contributed by atoms with van der Waals surface area (Å²) < 4.78 is 11.1. The molecule has 140 valence electrons. The molecule has 2 aromatic rings. The summed E-state index contributed by atoms with van der Waals surface area (Å²) in [7, 11) is 0. The van der Waals surface area contributed by atoms with Gasteiger partial charge >= 0.3 is 5.97 Å². The van der Waals surface area contributed by atoms with Crippen LogP contribution in [0, 0.1) is 0 Å². The van der Waals surface area contributed by atoms with Crippen LogP contribution in [0.5, 0.6) is 11.5 Å². The fraction of sp³-hybridized carbons (Fsp3) is 0.273. The van der Waals surface area contributed by atoms with Crippen LogP contribution >= 0.6 is 0 Å². The Morgan fingerprint density at radius 3 is 2.00 bits per heavy atom. The predicted octanol–water partition coefficient (Wildman–Crippen LogP) is 3.93. The summed E-state index contributed by atoms with van der Waals surface area (Å²) in [6, 6.07) is 11.3. The van der Waals surface area contributed by atoms with E-state index in [1.54, 1.807) is 6.08 Å². The van der Waals surface area contributed by atoms with E-state index < -0.39 is 5.97 Å². The number of carbonyl (C=O) groups is 2. The fourth-order valence-corrected chi connectivity index (χ4v) is 3.34. The van der Waals surface area contributed by atoms with E-state index >= 15 is 0 Å². The smallest absolute Gasteiger partial charge is 0.328 e. The summed E-state index contributed by atoms with van der Waals surface area (Å²) in [6.45, 7) is 4.01. The zero-order chi connectivity index (χ0) is 19.4. The van der Waals surface area contributed by atoms with Gasteiger partial charge in [-0.05, 0) is 37.6 Å². The lowest BCUT2D eigenvalue weighted by Crippen LogP contribution is -2.05. The van der Waals surface area contributed by atoms with Gasteiger partial charge < -0.3 is 14.6 Å². The Morgan fingerprint density at radius 2 is 1.48 bits per heavy atom. The van der Waals surface area contributed by atoms with E-state index in [2.05, 4.69) is 0 Å². The van der Waals surface area contributed by atoms with Crippen LogP contribution in [0.1, 0.15) is 40.9 Å². The molecular formula is C22H22O5. The highest BCUT2D eigenvalue weighted by Gasteiger charge is 2.21. The van der Waals surface area contributed by atoms with Crippen molar-refractivity contribution in [2.45, 2.75) is 38.9 Å². The number of rotatable bonds is 3. The summed E-state index contributed by atoms with van der Waals surface area (Å²) in [5.41, 5.74) is 3.85. The van der Waals surface area contributed by atoms with Crippen molar-refractivity contribution in [2.24, 2.45) is 0 Å². The van der Waals surface area contributed by atoms with E-state index in [1.807, 2.05) is 50.2 Å². The van der Waals surface area contributed by atoms with Gasteiger partial charge in [0.1, 0.15) is 30.0 Å². The molecule has 5 nitrogen and oxygen atoms in total. The summed E-state index contributed by atoms with van der Waals surface area (Å²) in [5, 5.41) is 8.56. The maximum absolute atomic E-state index is 10.6. The molecule has 0 saturated carbocycles. The Labute approximate surface area is 158 Å². The molecule has 27 heavy (non-hydrogen) atoms. The average molecular weight is 366 g/mol. The van der Waals surface area contributed by atoms with Gasteiger partial charge in [0.15, 0.2) is 0 Å². The molecular weight excluding hydrogens is 344 g/mol. The molecule has 0 saturated heterocycles. The fourth-order valence-electron chi connectivity index (χ4n) is 3.34. The first-order chi connectivity index (χ1) is 13.0. The second kappa shape index (κ2) is 8.08. The number of benzene rings is 2. The lowest BCUT2D eigenvalue weighted by atomic mass is 10.0. The predicted molar refractivity (Wildman–Crippen MR) is 103 cm³/mol. The Morgan fingerprint density at radius 1 is 0.963 bits per heavy atom. The number of carboxylic acid groups (broad SMARTS) is 1. The number of ether oxygens (including phenoxy) is 2. The molecule has 0 amide bonds. The van der Waals surface area contributed by atoms with Crippen molar-refractivity contribution < 1.29 is 24.2 Å². The molecule has 0 bridgehead atoms. The first-order valence-corrected chi connectivity index (χ1v) is 8.91. The zero-order valence-corrected chi connectivity index (χ0v) is 15.3. The van der Waals surface area contributed by atoms with Crippen molar-refractivity contribution >= 4 is 18.3 Å². The van der Waals surface area contributed by atoms with Crippen molar-refractivity contribution in [3.05, 3.63) is 64.7 Å². The number of aldehydes is 1. The normalized spacial score (nSPS) is 19.3. The van der Waals surface area contributed by atoms with Gasteiger partial charge in [-0.1, -0.05) is 24.3 Å². The Hall–Kier alpha value is -3.08. The third kappa shape index (κ3) is 4.37. The Balaban J connectivity index is 0.000000159. The molecule has 0 aromatic heterocycles. The second-order valence-corrected chi connectivity index (χ2v) is 6.70. The largest absolute Gasteiger partial charge is 0.490 e. The zero-order valence-electron chi connectivity index (χ0n) is 15.3. The number of fused-ring (bicyclic) bond motifs is 2. The minimum atomic E-state index is -0.931. The molecule has 2 aliphatic rings. The molecule has 4 rings (SSSR count). The SMILES string of the molecule is CC1Cc2c(/C=C/C(=O)O)cccc2O1.CC1Cc2c(C=O)cccc2O1. The maximum Gasteiger partial charge on any atom is 0.328 e. The van der Waals surface area contributed by atoms with Crippen molar-refractivity contribution in [3.8, 4) is 11.5 Å². The number of carbonyl (C=O) groups excluding carboxylic acids is 1. The molecule has 1 N–H and O–H groups in total. The van der Waals surface area contributed by atoms with Crippen LogP contribution in [0.4, 0.5) is 0 Å². The van der Waals surface area contributed by atoms with Gasteiger partial charge in [0.2, 0.25) is 0 Å². The van der Waals surface area contributed by atoms with Gasteiger partial charge in [0, 0.05) is 35.6 Å². The van der Waals surface area contributed by atoms with Gasteiger partial charge in [0.25, 0.3) is 0 Å². The number of aliphatic carboxylic acids is 1. The van der Waals surface area contributed by atoms with E-state index in [1.165, 1.54) is 0 Å². The van der Waals surface area contributed by atoms with E-state index in [4.69, 9.17) is 14.6 Å². The summed E-state index contributed by atoms with van der Waals surface area (Å²) in [5.74, 6) is 0.807. The van der Waals surface area contributed by atoms with Crippen LogP contribution in [0.15, 0.2) is 42.5 Å². The molecule has 0 radical (unpaired) electrons. The minimum Gasteiger partial charge on any atom is -0.490 e. The molecule has 0 aliphatic carbocycles. The molecule has 5 heteroatoms. The van der Waals surface area contributed by atoms with Gasteiger partial charge in [-0.25, -0.2) is 4.79 Å². The van der Waals surface area contributed by atoms with Gasteiger partial charge in [-0.15, -0.1) is 0 Å². The van der Waals surface area contributed by atoms with Crippen LogP contribution in [-0.4, -0.2) is 29.6 Å². The third-order valence-corrected chi connectivity index (χ3v) is 4.51. The molecule has 0 spiro atoms. The highest BCUT2D eigenvalue weighted by atomic mass is 16.5. The van der Waals surface area contributed by atoms with Crippen molar-refractivity contribution in [1.29, 1.82) is 0 Å². The molecule has 0 fully saturated rings. The molecule has 2 aromatic carbocycles. The highest BCUT2D eigenvalue weighted by Crippen LogP contribution is 2.32. The maximum atomic E-state index is 10.6. The van der Waals surface area contributed by atoms with Crippen LogP contribution < -0.4 is 9.47 Å². The average Bonchev–Trinajstić information content (AvgIpc) is 3.20. The van der Waals surface area contributed by atoms with Crippen molar-refractivity contribution in [1.82, 2.24) is 0 Å². The lowest BCUT2D eigenvalue weighted by Gasteiger charge is -2.02. The number of carboxylic acids is 1. The second-order valence-electron chi connectivity index (χ2n) is 6.70. The molecule has 2 heterocycles. The first kappa shape index (κ1) is 18.7. The van der Waals surface area contributed by atoms with Gasteiger partial charge in [-0.3, -0.25) is 4.79 Å². The van der Waals surface area contributed by atoms with E-state index in [9.17, 15) is 9.59 Å². The van der Waals surface area contributed by atoms with Crippen LogP contribution in [0.2, 0.25) is 0 Å². The number of hydrogen-bond donors (Lipinski definition) is 1. The van der Waals surface area contributed by atoms with E-state index in [0.717, 1.165) is 59.0 Å². The lowest BCUT2D eigenvalue weighted by molar-refractivity contribution is -0.131. The molecule has 2 aliphatic heterocycles. The summed E-state index contributed by atoms with van der Waals surface area (Å²) in [6.07, 6.45) is 5.74. The van der Waals surface area contributed by atoms with Crippen LogP contribution in [0.3, 0.4) is 0 Å². The summed E-state index contributed by atoms with van der Waals surface area (Å²) >= 11 is 0. The monoisotopic (exact) mass is 366 g/mol. The highest BCUT2D eigenvalue weighted by molar-refractivity contribution is 5.85. The van der Waals surface area contributed by atoms with E-state index in [0.29, 0.717) is 0 Å². The topological polar surface area (TPSA) is 72.8 Å².